The second-order valence-corrected chi connectivity index (χ2v) is 3.79. The first-order chi connectivity index (χ1) is 8.63. The Kier molecular flexibility index (Phi) is 3.11. The third kappa shape index (κ3) is 2.09. The van der Waals surface area contributed by atoms with Crippen molar-refractivity contribution in [2.24, 2.45) is 0 Å². The maximum Gasteiger partial charge on any atom is 0.273 e. The van der Waals surface area contributed by atoms with Gasteiger partial charge in [-0.25, -0.2) is 4.39 Å². The van der Waals surface area contributed by atoms with Gasteiger partial charge < -0.3 is 10.3 Å². The van der Waals surface area contributed by atoms with Crippen LogP contribution in [0.4, 0.5) is 10.1 Å². The highest BCUT2D eigenvalue weighted by Gasteiger charge is 2.09. The molecule has 0 atom stereocenters. The molecule has 2 rings (SSSR count). The van der Waals surface area contributed by atoms with Crippen LogP contribution in [-0.4, -0.2) is 4.57 Å². The molecule has 0 saturated heterocycles. The second kappa shape index (κ2) is 4.72. The molecule has 4 nitrogen and oxygen atoms in total. The maximum atomic E-state index is 13.8. The largest absolute Gasteiger partial charge is 0.394 e. The Morgan fingerprint density at radius 2 is 2.11 bits per heavy atom. The molecule has 0 fully saturated rings. The minimum absolute atomic E-state index is 0.0375. The number of pyridine rings is 1. The average molecular weight is 243 g/mol. The van der Waals surface area contributed by atoms with E-state index in [9.17, 15) is 9.18 Å². The third-order valence-electron chi connectivity index (χ3n) is 2.59. The van der Waals surface area contributed by atoms with Crippen molar-refractivity contribution in [1.82, 2.24) is 4.57 Å². The SMILES string of the molecule is N#Cc1cccc(Cn2cccc(N)c2=O)c1F. The third-order valence-corrected chi connectivity index (χ3v) is 2.59. The highest BCUT2D eigenvalue weighted by atomic mass is 19.1. The van der Waals surface area contributed by atoms with Crippen LogP contribution >= 0.6 is 0 Å². The molecule has 5 heteroatoms. The molecule has 0 saturated carbocycles. The van der Waals surface area contributed by atoms with Gasteiger partial charge in [0.2, 0.25) is 0 Å². The summed E-state index contributed by atoms with van der Waals surface area (Å²) in [5, 5.41) is 8.73. The van der Waals surface area contributed by atoms with Gasteiger partial charge in [-0.2, -0.15) is 5.26 Å². The summed E-state index contributed by atoms with van der Waals surface area (Å²) in [7, 11) is 0. The molecule has 0 unspecified atom stereocenters. The lowest BCUT2D eigenvalue weighted by molar-refractivity contribution is 0.593. The van der Waals surface area contributed by atoms with E-state index in [4.69, 9.17) is 11.0 Å². The summed E-state index contributed by atoms with van der Waals surface area (Å²) in [6.07, 6.45) is 1.52. The van der Waals surface area contributed by atoms with E-state index in [1.165, 1.54) is 29.0 Å². The summed E-state index contributed by atoms with van der Waals surface area (Å²) in [5.74, 6) is -0.602. The minimum Gasteiger partial charge on any atom is -0.394 e. The smallest absolute Gasteiger partial charge is 0.273 e. The van der Waals surface area contributed by atoms with Crippen molar-refractivity contribution in [3.05, 3.63) is 63.8 Å². The lowest BCUT2D eigenvalue weighted by Gasteiger charge is -2.08. The summed E-state index contributed by atoms with van der Waals surface area (Å²) in [6.45, 7) is 0.0469. The molecule has 0 amide bonds. The fourth-order valence-electron chi connectivity index (χ4n) is 1.65. The van der Waals surface area contributed by atoms with E-state index in [1.807, 2.05) is 0 Å². The van der Waals surface area contributed by atoms with Crippen LogP contribution in [0.1, 0.15) is 11.1 Å². The molecule has 18 heavy (non-hydrogen) atoms. The van der Waals surface area contributed by atoms with E-state index in [0.717, 1.165) is 0 Å². The fraction of sp³-hybridized carbons (Fsp3) is 0.0769. The van der Waals surface area contributed by atoms with E-state index in [0.29, 0.717) is 0 Å². The molecule has 1 aromatic carbocycles. The number of hydrogen-bond donors (Lipinski definition) is 1. The highest BCUT2D eigenvalue weighted by Crippen LogP contribution is 2.13. The summed E-state index contributed by atoms with van der Waals surface area (Å²) >= 11 is 0. The fourth-order valence-corrected chi connectivity index (χ4v) is 1.65. The predicted octanol–water partition coefficient (Wildman–Crippen LogP) is 1.49. The summed E-state index contributed by atoms with van der Waals surface area (Å²) in [5.41, 5.74) is 5.46. The van der Waals surface area contributed by atoms with Gasteiger partial charge >= 0.3 is 0 Å². The van der Waals surface area contributed by atoms with Crippen molar-refractivity contribution in [3.8, 4) is 6.07 Å². The molecule has 0 spiro atoms. The van der Waals surface area contributed by atoms with Crippen molar-refractivity contribution in [1.29, 1.82) is 5.26 Å². The molecule has 1 heterocycles. The van der Waals surface area contributed by atoms with Crippen molar-refractivity contribution >= 4 is 5.69 Å². The van der Waals surface area contributed by atoms with Crippen molar-refractivity contribution in [2.75, 3.05) is 5.73 Å². The predicted molar refractivity (Wildman–Crippen MR) is 65.3 cm³/mol. The van der Waals surface area contributed by atoms with Crippen LogP contribution in [0.2, 0.25) is 0 Å². The second-order valence-electron chi connectivity index (χ2n) is 3.79. The molecule has 0 aliphatic carbocycles. The molecule has 0 aliphatic heterocycles. The average Bonchev–Trinajstić information content (AvgIpc) is 2.37. The number of anilines is 1. The number of nitriles is 1. The molecular formula is C13H10FN3O. The van der Waals surface area contributed by atoms with Crippen LogP contribution in [0, 0.1) is 17.1 Å². The van der Waals surface area contributed by atoms with Gasteiger partial charge in [0, 0.05) is 11.8 Å². The Hall–Kier alpha value is -2.61. The van der Waals surface area contributed by atoms with Crippen LogP contribution in [-0.2, 0) is 6.54 Å². The quantitative estimate of drug-likeness (QED) is 0.868. The minimum atomic E-state index is -0.602. The maximum absolute atomic E-state index is 13.8. The van der Waals surface area contributed by atoms with E-state index in [2.05, 4.69) is 0 Å². The van der Waals surface area contributed by atoms with Crippen molar-refractivity contribution < 1.29 is 4.39 Å². The van der Waals surface area contributed by atoms with Crippen LogP contribution < -0.4 is 11.3 Å². The Morgan fingerprint density at radius 1 is 1.33 bits per heavy atom. The van der Waals surface area contributed by atoms with E-state index < -0.39 is 5.82 Å². The zero-order chi connectivity index (χ0) is 13.1. The van der Waals surface area contributed by atoms with E-state index in [1.54, 1.807) is 18.2 Å². The number of nitrogens with zero attached hydrogens (tertiary/aromatic N) is 2. The van der Waals surface area contributed by atoms with Gasteiger partial charge in [0.1, 0.15) is 11.9 Å². The number of nitrogen functional groups attached to an aromatic ring is 1. The number of benzene rings is 1. The van der Waals surface area contributed by atoms with Gasteiger partial charge in [0.25, 0.3) is 5.56 Å². The van der Waals surface area contributed by atoms with E-state index >= 15 is 0 Å². The number of hydrogen-bond acceptors (Lipinski definition) is 3. The van der Waals surface area contributed by atoms with Gasteiger partial charge in [-0.15, -0.1) is 0 Å². The van der Waals surface area contributed by atoms with Gasteiger partial charge in [-0.3, -0.25) is 4.79 Å². The molecule has 0 aliphatic rings. The normalized spacial score (nSPS) is 10.0. The van der Waals surface area contributed by atoms with Crippen LogP contribution in [0.25, 0.3) is 0 Å². The Bertz CT molecular complexity index is 685. The van der Waals surface area contributed by atoms with Gasteiger partial charge in [0.05, 0.1) is 17.8 Å². The summed E-state index contributed by atoms with van der Waals surface area (Å²) in [6, 6.07) is 9.36. The van der Waals surface area contributed by atoms with E-state index in [-0.39, 0.29) is 28.9 Å². The van der Waals surface area contributed by atoms with Gasteiger partial charge in [-0.1, -0.05) is 12.1 Å². The van der Waals surface area contributed by atoms with Crippen LogP contribution in [0.5, 0.6) is 0 Å². The first kappa shape index (κ1) is 11.9. The lowest BCUT2D eigenvalue weighted by atomic mass is 10.1. The van der Waals surface area contributed by atoms with Crippen molar-refractivity contribution in [3.63, 3.8) is 0 Å². The standard InChI is InChI=1S/C13H10FN3O/c14-12-9(7-15)3-1-4-10(12)8-17-6-2-5-11(16)13(17)18/h1-6H,8,16H2. The number of halogens is 1. The highest BCUT2D eigenvalue weighted by molar-refractivity contribution is 5.36. The Labute approximate surface area is 103 Å². The molecule has 0 bridgehead atoms. The lowest BCUT2D eigenvalue weighted by Crippen LogP contribution is -2.22. The molecular weight excluding hydrogens is 233 g/mol. The first-order valence-corrected chi connectivity index (χ1v) is 5.26. The molecule has 90 valence electrons. The van der Waals surface area contributed by atoms with Crippen molar-refractivity contribution in [2.45, 2.75) is 6.54 Å². The summed E-state index contributed by atoms with van der Waals surface area (Å²) < 4.78 is 15.1. The molecule has 0 radical (unpaired) electrons. The monoisotopic (exact) mass is 243 g/mol. The van der Waals surface area contributed by atoms with Crippen LogP contribution in [0.15, 0.2) is 41.3 Å². The Morgan fingerprint density at radius 3 is 2.83 bits per heavy atom. The first-order valence-electron chi connectivity index (χ1n) is 5.26. The number of nitrogens with two attached hydrogens (primary N) is 1. The zero-order valence-electron chi connectivity index (χ0n) is 9.43. The Balaban J connectivity index is 2.44. The molecule has 1 aromatic heterocycles. The molecule has 2 N–H and O–H groups in total. The number of rotatable bonds is 2. The zero-order valence-corrected chi connectivity index (χ0v) is 9.43. The van der Waals surface area contributed by atoms with Gasteiger partial charge in [0.15, 0.2) is 0 Å². The molecule has 2 aromatic rings. The number of aromatic nitrogens is 1. The van der Waals surface area contributed by atoms with Crippen LogP contribution in [0.3, 0.4) is 0 Å². The van der Waals surface area contributed by atoms with Gasteiger partial charge in [-0.05, 0) is 18.2 Å². The topological polar surface area (TPSA) is 71.8 Å². The summed E-state index contributed by atoms with van der Waals surface area (Å²) in [4.78, 5) is 11.7.